The van der Waals surface area contributed by atoms with Crippen LogP contribution in [-0.4, -0.2) is 21.0 Å². The molecule has 4 nitrogen and oxygen atoms in total. The summed E-state index contributed by atoms with van der Waals surface area (Å²) < 4.78 is 6.27. The minimum absolute atomic E-state index is 0.0325. The van der Waals surface area contributed by atoms with Gasteiger partial charge in [-0.2, -0.15) is 0 Å². The molecule has 0 bridgehead atoms. The molecule has 0 spiro atoms. The van der Waals surface area contributed by atoms with Crippen molar-refractivity contribution in [2.24, 2.45) is 0 Å². The van der Waals surface area contributed by atoms with E-state index in [1.807, 2.05) is 54.7 Å². The third-order valence-corrected chi connectivity index (χ3v) is 5.00. The van der Waals surface area contributed by atoms with Crippen LogP contribution in [0.3, 0.4) is 0 Å². The Labute approximate surface area is 158 Å². The fraction of sp³-hybridized carbons (Fsp3) is 0.238. The molecule has 2 aromatic heterocycles. The van der Waals surface area contributed by atoms with E-state index in [-0.39, 0.29) is 18.1 Å². The predicted octanol–water partition coefficient (Wildman–Crippen LogP) is 4.72. The first-order valence-corrected chi connectivity index (χ1v) is 9.21. The van der Waals surface area contributed by atoms with Gasteiger partial charge in [0.15, 0.2) is 5.11 Å². The zero-order chi connectivity index (χ0) is 18.1. The van der Waals surface area contributed by atoms with E-state index in [0.29, 0.717) is 0 Å². The van der Waals surface area contributed by atoms with Gasteiger partial charge in [0.25, 0.3) is 0 Å². The van der Waals surface area contributed by atoms with Crippen molar-refractivity contribution in [1.29, 1.82) is 0 Å². The fourth-order valence-corrected chi connectivity index (χ4v) is 3.95. The molecule has 1 aliphatic rings. The van der Waals surface area contributed by atoms with Crippen molar-refractivity contribution in [3.63, 3.8) is 0 Å². The summed E-state index contributed by atoms with van der Waals surface area (Å²) in [5.74, 6) is 1.75. The Balaban J connectivity index is 1.75. The lowest BCUT2D eigenvalue weighted by atomic mass is 10.0. The highest BCUT2D eigenvalue weighted by molar-refractivity contribution is 7.80. The molecular formula is C21H21N3OS. The Hall–Kier alpha value is -2.66. The molecule has 5 heteroatoms. The van der Waals surface area contributed by atoms with Gasteiger partial charge in [0.1, 0.15) is 17.6 Å². The molecule has 0 radical (unpaired) electrons. The van der Waals surface area contributed by atoms with Crippen LogP contribution in [0.1, 0.15) is 37.4 Å². The zero-order valence-corrected chi connectivity index (χ0v) is 15.6. The smallest absolute Gasteiger partial charge is 0.170 e. The van der Waals surface area contributed by atoms with Gasteiger partial charge in [0.2, 0.25) is 0 Å². The lowest BCUT2D eigenvalue weighted by Gasteiger charge is -2.29. The van der Waals surface area contributed by atoms with Crippen molar-refractivity contribution < 1.29 is 4.42 Å². The quantitative estimate of drug-likeness (QED) is 0.679. The fourth-order valence-electron chi connectivity index (χ4n) is 3.50. The molecule has 3 heterocycles. The van der Waals surface area contributed by atoms with Crippen LogP contribution >= 0.6 is 12.2 Å². The minimum Gasteiger partial charge on any atom is -0.459 e. The van der Waals surface area contributed by atoms with Gasteiger partial charge in [-0.1, -0.05) is 36.4 Å². The van der Waals surface area contributed by atoms with Gasteiger partial charge in [-0.15, -0.1) is 0 Å². The first-order chi connectivity index (χ1) is 12.6. The summed E-state index contributed by atoms with van der Waals surface area (Å²) in [6.07, 6.45) is 1.81. The molecule has 0 unspecified atom stereocenters. The first kappa shape index (κ1) is 16.8. The molecule has 1 N–H and O–H groups in total. The topological polar surface area (TPSA) is 41.3 Å². The van der Waals surface area contributed by atoms with Crippen LogP contribution in [-0.2, 0) is 0 Å². The van der Waals surface area contributed by atoms with Crippen LogP contribution in [0.25, 0.3) is 11.3 Å². The minimum atomic E-state index is -0.0409. The van der Waals surface area contributed by atoms with Crippen molar-refractivity contribution in [3.8, 4) is 11.3 Å². The summed E-state index contributed by atoms with van der Waals surface area (Å²) >= 11 is 5.62. The lowest BCUT2D eigenvalue weighted by molar-refractivity contribution is 0.237. The van der Waals surface area contributed by atoms with E-state index < -0.39 is 0 Å². The molecule has 0 amide bonds. The van der Waals surface area contributed by atoms with Gasteiger partial charge in [0.05, 0.1) is 11.7 Å². The number of pyridine rings is 1. The maximum atomic E-state index is 6.27. The van der Waals surface area contributed by atoms with Gasteiger partial charge < -0.3 is 14.6 Å². The molecule has 1 aliphatic heterocycles. The lowest BCUT2D eigenvalue weighted by Crippen LogP contribution is -2.35. The number of furan rings is 1. The Morgan fingerprint density at radius 3 is 2.50 bits per heavy atom. The third kappa shape index (κ3) is 2.99. The summed E-state index contributed by atoms with van der Waals surface area (Å²) in [5.41, 5.74) is 2.03. The third-order valence-electron chi connectivity index (χ3n) is 4.67. The summed E-state index contributed by atoms with van der Waals surface area (Å²) in [5, 5.41) is 4.17. The highest BCUT2D eigenvalue weighted by Gasteiger charge is 2.42. The highest BCUT2D eigenvalue weighted by Crippen LogP contribution is 2.41. The zero-order valence-electron chi connectivity index (χ0n) is 14.8. The van der Waals surface area contributed by atoms with Crippen molar-refractivity contribution in [3.05, 3.63) is 78.3 Å². The van der Waals surface area contributed by atoms with E-state index in [0.717, 1.165) is 27.9 Å². The number of hydrogen-bond donors (Lipinski definition) is 1. The molecule has 132 valence electrons. The van der Waals surface area contributed by atoms with Gasteiger partial charge in [-0.25, -0.2) is 0 Å². The standard InChI is InChI=1S/C21H21N3OS/c1-14(2)24-20(19(23-21(24)26)16-10-6-7-13-22-16)18-12-11-17(25-18)15-8-4-3-5-9-15/h3-14,19-20H,1-2H3,(H,23,26)/t19-,20-/m0/s1. The molecule has 4 rings (SSSR count). The van der Waals surface area contributed by atoms with Crippen LogP contribution in [0.4, 0.5) is 0 Å². The maximum absolute atomic E-state index is 6.27. The maximum Gasteiger partial charge on any atom is 0.170 e. The number of benzene rings is 1. The number of aromatic nitrogens is 1. The number of nitrogens with zero attached hydrogens (tertiary/aromatic N) is 2. The van der Waals surface area contributed by atoms with E-state index >= 15 is 0 Å². The monoisotopic (exact) mass is 363 g/mol. The Bertz CT molecular complexity index is 892. The number of rotatable bonds is 4. The average molecular weight is 363 g/mol. The Morgan fingerprint density at radius 2 is 1.81 bits per heavy atom. The van der Waals surface area contributed by atoms with Crippen LogP contribution < -0.4 is 5.32 Å². The molecule has 1 saturated heterocycles. The molecule has 0 aliphatic carbocycles. The van der Waals surface area contributed by atoms with Crippen LogP contribution in [0.2, 0.25) is 0 Å². The molecule has 2 atom stereocenters. The van der Waals surface area contributed by atoms with Gasteiger partial charge in [-0.3, -0.25) is 4.98 Å². The number of thiocarbonyl (C=S) groups is 1. The van der Waals surface area contributed by atoms with E-state index in [1.54, 1.807) is 0 Å². The van der Waals surface area contributed by atoms with Crippen molar-refractivity contribution in [2.75, 3.05) is 0 Å². The summed E-state index contributed by atoms with van der Waals surface area (Å²) in [6.45, 7) is 4.28. The average Bonchev–Trinajstić information content (AvgIpc) is 3.27. The summed E-state index contributed by atoms with van der Waals surface area (Å²) in [7, 11) is 0. The van der Waals surface area contributed by atoms with Crippen molar-refractivity contribution in [2.45, 2.75) is 32.0 Å². The summed E-state index contributed by atoms with van der Waals surface area (Å²) in [4.78, 5) is 6.74. The van der Waals surface area contributed by atoms with Crippen LogP contribution in [0, 0.1) is 0 Å². The van der Waals surface area contributed by atoms with Gasteiger partial charge in [0, 0.05) is 17.8 Å². The largest absolute Gasteiger partial charge is 0.459 e. The molecule has 3 aromatic rings. The van der Waals surface area contributed by atoms with Crippen LogP contribution in [0.15, 0.2) is 71.3 Å². The highest BCUT2D eigenvalue weighted by atomic mass is 32.1. The Kier molecular flexibility index (Phi) is 4.47. The van der Waals surface area contributed by atoms with E-state index in [4.69, 9.17) is 16.6 Å². The number of nitrogens with one attached hydrogen (secondary N) is 1. The first-order valence-electron chi connectivity index (χ1n) is 8.80. The molecule has 0 saturated carbocycles. The van der Waals surface area contributed by atoms with Crippen molar-refractivity contribution >= 4 is 17.3 Å². The number of hydrogen-bond acceptors (Lipinski definition) is 3. The molecule has 1 fully saturated rings. The van der Waals surface area contributed by atoms with E-state index in [9.17, 15) is 0 Å². The second-order valence-electron chi connectivity index (χ2n) is 6.70. The summed E-state index contributed by atoms with van der Waals surface area (Å²) in [6, 6.07) is 20.3. The second kappa shape index (κ2) is 6.92. The predicted molar refractivity (Wildman–Crippen MR) is 107 cm³/mol. The van der Waals surface area contributed by atoms with Crippen LogP contribution in [0.5, 0.6) is 0 Å². The molecule has 1 aromatic carbocycles. The van der Waals surface area contributed by atoms with Gasteiger partial charge >= 0.3 is 0 Å². The Morgan fingerprint density at radius 1 is 1.04 bits per heavy atom. The van der Waals surface area contributed by atoms with Gasteiger partial charge in [-0.05, 0) is 50.3 Å². The second-order valence-corrected chi connectivity index (χ2v) is 7.08. The SMILES string of the molecule is CC(C)N1C(=S)N[C@@H](c2ccccn2)[C@@H]1c1ccc(-c2ccccc2)o1. The molecule has 26 heavy (non-hydrogen) atoms. The van der Waals surface area contributed by atoms with Crippen molar-refractivity contribution in [1.82, 2.24) is 15.2 Å². The van der Waals surface area contributed by atoms with E-state index in [1.165, 1.54) is 0 Å². The van der Waals surface area contributed by atoms with E-state index in [2.05, 4.69) is 41.2 Å². The normalized spacial score (nSPS) is 19.8. The molecular weight excluding hydrogens is 342 g/mol.